The van der Waals surface area contributed by atoms with Gasteiger partial charge in [-0.15, -0.1) is 0 Å². The van der Waals surface area contributed by atoms with Crippen molar-refractivity contribution in [1.82, 2.24) is 9.34 Å². The molecule has 2 aliphatic heterocycles. The Kier molecular flexibility index (Phi) is 7.13. The maximum absolute atomic E-state index is 10.8. The molecule has 2 fully saturated rings. The first-order valence-electron chi connectivity index (χ1n) is 12.1. The van der Waals surface area contributed by atoms with Crippen LogP contribution in [0.2, 0.25) is 0 Å². The Morgan fingerprint density at radius 2 is 1.11 bits per heavy atom. The number of benzene rings is 3. The van der Waals surface area contributed by atoms with Crippen LogP contribution < -0.4 is 5.30 Å². The van der Waals surface area contributed by atoms with Gasteiger partial charge in [0.15, 0.2) is 0 Å². The Labute approximate surface area is 205 Å². The fraction of sp³-hybridized carbons (Fsp3) is 0.308. The summed E-state index contributed by atoms with van der Waals surface area (Å²) in [7, 11) is -2.07. The fourth-order valence-corrected chi connectivity index (χ4v) is 8.87. The SMILES string of the molecule is O=[N+]([O-])c1ccc(N=Nc2ccc(N=P(c3ccccc3)(N3CCCC3)N3CCCC3)cc2)cc1. The summed E-state index contributed by atoms with van der Waals surface area (Å²) in [6.07, 6.45) is 4.89. The molecule has 0 saturated carbocycles. The number of hydrogen-bond acceptors (Lipinski definition) is 5. The van der Waals surface area contributed by atoms with Crippen molar-refractivity contribution in [3.05, 3.63) is 89.0 Å². The zero-order chi connectivity index (χ0) is 24.1. The first kappa shape index (κ1) is 23.5. The molecule has 2 aliphatic rings. The molecule has 5 rings (SSSR count). The van der Waals surface area contributed by atoms with Gasteiger partial charge in [0, 0.05) is 43.6 Å². The maximum Gasteiger partial charge on any atom is 0.269 e. The van der Waals surface area contributed by atoms with E-state index < -0.39 is 12.3 Å². The van der Waals surface area contributed by atoms with Crippen LogP contribution in [0.3, 0.4) is 0 Å². The third kappa shape index (κ3) is 5.10. The Morgan fingerprint density at radius 1 is 0.657 bits per heavy atom. The van der Waals surface area contributed by atoms with Crippen LogP contribution in [0.15, 0.2) is 93.8 Å². The molecule has 0 N–H and O–H groups in total. The van der Waals surface area contributed by atoms with E-state index in [1.165, 1.54) is 43.1 Å². The summed E-state index contributed by atoms with van der Waals surface area (Å²) < 4.78 is 10.8. The van der Waals surface area contributed by atoms with Crippen LogP contribution in [0, 0.1) is 10.1 Å². The highest BCUT2D eigenvalue weighted by Crippen LogP contribution is 2.59. The zero-order valence-corrected chi connectivity index (χ0v) is 20.5. The van der Waals surface area contributed by atoms with Crippen molar-refractivity contribution in [2.75, 3.05) is 26.2 Å². The van der Waals surface area contributed by atoms with Gasteiger partial charge >= 0.3 is 0 Å². The molecule has 3 aromatic carbocycles. The van der Waals surface area contributed by atoms with E-state index in [0.717, 1.165) is 31.9 Å². The first-order chi connectivity index (χ1) is 17.1. The highest BCUT2D eigenvalue weighted by atomic mass is 31.2. The van der Waals surface area contributed by atoms with Crippen LogP contribution >= 0.6 is 7.36 Å². The molecule has 0 unspecified atom stereocenters. The van der Waals surface area contributed by atoms with Gasteiger partial charge in [-0.25, -0.2) is 4.74 Å². The van der Waals surface area contributed by atoms with Crippen LogP contribution in [0.4, 0.5) is 22.7 Å². The van der Waals surface area contributed by atoms with Crippen molar-refractivity contribution < 1.29 is 4.92 Å². The van der Waals surface area contributed by atoms with Gasteiger partial charge in [0.05, 0.1) is 22.0 Å². The monoisotopic (exact) mass is 488 g/mol. The van der Waals surface area contributed by atoms with E-state index in [1.54, 1.807) is 12.1 Å². The minimum Gasteiger partial charge on any atom is -0.258 e. The first-order valence-corrected chi connectivity index (χ1v) is 13.7. The Bertz CT molecular complexity index is 1210. The van der Waals surface area contributed by atoms with Crippen LogP contribution in [0.5, 0.6) is 0 Å². The summed E-state index contributed by atoms with van der Waals surface area (Å²) in [5, 5.41) is 20.7. The average Bonchev–Trinajstić information content (AvgIpc) is 3.63. The van der Waals surface area contributed by atoms with E-state index >= 15 is 0 Å². The number of nitrogens with zero attached hydrogens (tertiary/aromatic N) is 6. The van der Waals surface area contributed by atoms with Crippen molar-refractivity contribution in [1.29, 1.82) is 0 Å². The van der Waals surface area contributed by atoms with Gasteiger partial charge < -0.3 is 0 Å². The largest absolute Gasteiger partial charge is 0.269 e. The van der Waals surface area contributed by atoms with Crippen molar-refractivity contribution in [2.45, 2.75) is 25.7 Å². The standard InChI is InChI=1S/C26H29N6O2P/c33-32(34)25-16-14-23(15-17-25)28-27-22-10-12-24(13-11-22)29-35(30-18-4-5-19-30,31-20-6-7-21-31)26-8-2-1-3-9-26/h1-3,8-17H,4-7,18-21H2. The molecular weight excluding hydrogens is 459 g/mol. The number of non-ortho nitro benzene ring substituents is 1. The molecule has 3 aromatic rings. The highest BCUT2D eigenvalue weighted by molar-refractivity contribution is 7.69. The minimum absolute atomic E-state index is 0.0381. The fourth-order valence-electron chi connectivity index (χ4n) is 4.78. The molecular formula is C26H29N6O2P. The van der Waals surface area contributed by atoms with E-state index in [2.05, 4.69) is 49.9 Å². The third-order valence-corrected chi connectivity index (χ3v) is 10.4. The lowest BCUT2D eigenvalue weighted by Crippen LogP contribution is -2.34. The summed E-state index contributed by atoms with van der Waals surface area (Å²) in [4.78, 5) is 10.4. The van der Waals surface area contributed by atoms with E-state index in [4.69, 9.17) is 4.74 Å². The normalized spacial score (nSPS) is 17.3. The van der Waals surface area contributed by atoms with Crippen molar-refractivity contribution in [3.63, 3.8) is 0 Å². The highest BCUT2D eigenvalue weighted by Gasteiger charge is 2.39. The molecule has 0 radical (unpaired) electrons. The molecule has 9 heteroatoms. The van der Waals surface area contributed by atoms with Gasteiger partial charge in [0.1, 0.15) is 7.36 Å². The summed E-state index contributed by atoms with van der Waals surface area (Å²) in [6.45, 7) is 4.35. The lowest BCUT2D eigenvalue weighted by molar-refractivity contribution is -0.384. The van der Waals surface area contributed by atoms with Crippen LogP contribution in [-0.2, 0) is 0 Å². The zero-order valence-electron chi connectivity index (χ0n) is 19.6. The molecule has 0 bridgehead atoms. The van der Waals surface area contributed by atoms with Crippen LogP contribution in [0.1, 0.15) is 25.7 Å². The van der Waals surface area contributed by atoms with Crippen LogP contribution in [0.25, 0.3) is 0 Å². The lowest BCUT2D eigenvalue weighted by Gasteiger charge is -2.40. The Balaban J connectivity index is 1.47. The van der Waals surface area contributed by atoms with Crippen LogP contribution in [-0.4, -0.2) is 40.4 Å². The molecule has 0 aromatic heterocycles. The smallest absolute Gasteiger partial charge is 0.258 e. The van der Waals surface area contributed by atoms with E-state index in [9.17, 15) is 10.1 Å². The van der Waals surface area contributed by atoms with Crippen molar-refractivity contribution in [2.24, 2.45) is 15.0 Å². The molecule has 2 saturated heterocycles. The molecule has 0 aliphatic carbocycles. The minimum atomic E-state index is -2.07. The number of rotatable bonds is 7. The molecule has 2 heterocycles. The number of azo groups is 1. The molecule has 0 atom stereocenters. The predicted molar refractivity (Wildman–Crippen MR) is 140 cm³/mol. The second-order valence-electron chi connectivity index (χ2n) is 8.82. The van der Waals surface area contributed by atoms with Gasteiger partial charge in [0.25, 0.3) is 5.69 Å². The Morgan fingerprint density at radius 3 is 1.60 bits per heavy atom. The third-order valence-electron chi connectivity index (χ3n) is 6.50. The Hall–Kier alpha value is -3.19. The predicted octanol–water partition coefficient (Wildman–Crippen LogP) is 7.19. The van der Waals surface area contributed by atoms with Gasteiger partial charge in [-0.3, -0.25) is 19.5 Å². The second kappa shape index (κ2) is 10.6. The average molecular weight is 489 g/mol. The molecule has 0 spiro atoms. The molecule has 8 nitrogen and oxygen atoms in total. The van der Waals surface area contributed by atoms with E-state index in [0.29, 0.717) is 11.4 Å². The summed E-state index contributed by atoms with van der Waals surface area (Å²) >= 11 is 0. The number of hydrogen-bond donors (Lipinski definition) is 0. The number of nitro groups is 1. The summed E-state index contributed by atoms with van der Waals surface area (Å²) in [5.74, 6) is 0. The van der Waals surface area contributed by atoms with E-state index in [-0.39, 0.29) is 5.69 Å². The van der Waals surface area contributed by atoms with Crippen molar-refractivity contribution >= 4 is 35.4 Å². The van der Waals surface area contributed by atoms with Crippen molar-refractivity contribution in [3.8, 4) is 0 Å². The second-order valence-corrected chi connectivity index (χ2v) is 11.8. The maximum atomic E-state index is 10.8. The topological polar surface area (TPSA) is 86.7 Å². The summed E-state index contributed by atoms with van der Waals surface area (Å²) in [6, 6.07) is 24.8. The number of nitro benzene ring substituents is 1. The molecule has 0 amide bonds. The lowest BCUT2D eigenvalue weighted by atomic mass is 10.3. The molecule has 180 valence electrons. The van der Waals surface area contributed by atoms with E-state index in [1.807, 2.05) is 24.3 Å². The summed E-state index contributed by atoms with van der Waals surface area (Å²) in [5.41, 5.74) is 2.28. The van der Waals surface area contributed by atoms with Gasteiger partial charge in [-0.2, -0.15) is 10.2 Å². The van der Waals surface area contributed by atoms with Gasteiger partial charge in [-0.05, 0) is 62.1 Å². The molecule has 35 heavy (non-hydrogen) atoms. The van der Waals surface area contributed by atoms with Gasteiger partial charge in [0.2, 0.25) is 0 Å². The quantitative estimate of drug-likeness (QED) is 0.152. The van der Waals surface area contributed by atoms with Gasteiger partial charge in [-0.1, -0.05) is 30.3 Å².